The van der Waals surface area contributed by atoms with Gasteiger partial charge in [-0.05, 0) is 17.5 Å². The molecule has 1 fully saturated rings. The van der Waals surface area contributed by atoms with Gasteiger partial charge in [-0.25, -0.2) is 0 Å². The van der Waals surface area contributed by atoms with Crippen molar-refractivity contribution in [3.05, 3.63) is 28.5 Å². The first kappa shape index (κ1) is 9.43. The van der Waals surface area contributed by atoms with Gasteiger partial charge in [0, 0.05) is 24.0 Å². The number of nitrogens with one attached hydrogen (secondary N) is 2. The average Bonchev–Trinajstić information content (AvgIpc) is 2.60. The Morgan fingerprint density at radius 2 is 2.50 bits per heavy atom. The number of carbonyl (C=O) groups is 1. The van der Waals surface area contributed by atoms with E-state index in [2.05, 4.69) is 10.6 Å². The summed E-state index contributed by atoms with van der Waals surface area (Å²) in [6.07, 6.45) is 3.43. The molecule has 0 atom stereocenters. The summed E-state index contributed by atoms with van der Waals surface area (Å²) in [6.45, 7) is 1.77. The topological polar surface area (TPSA) is 41.1 Å². The van der Waals surface area contributed by atoms with E-state index in [0.29, 0.717) is 6.04 Å². The first-order valence-corrected chi connectivity index (χ1v) is 5.45. The van der Waals surface area contributed by atoms with Crippen LogP contribution in [0, 0.1) is 0 Å². The Morgan fingerprint density at radius 3 is 3.07 bits per heavy atom. The maximum Gasteiger partial charge on any atom is 0.244 e. The minimum absolute atomic E-state index is 0.00935. The minimum Gasteiger partial charge on any atom is -0.347 e. The van der Waals surface area contributed by atoms with Crippen molar-refractivity contribution >= 4 is 23.3 Å². The Labute approximate surface area is 86.8 Å². The molecular formula is C10H12N2OS. The SMILES string of the molecule is O=C(C=Cc1cccs1)NC1CNC1. The van der Waals surface area contributed by atoms with Crippen LogP contribution in [0.15, 0.2) is 23.6 Å². The van der Waals surface area contributed by atoms with Gasteiger partial charge in [0.05, 0.1) is 6.04 Å². The van der Waals surface area contributed by atoms with Gasteiger partial charge in [-0.15, -0.1) is 11.3 Å². The van der Waals surface area contributed by atoms with E-state index >= 15 is 0 Å². The third-order valence-corrected chi connectivity index (χ3v) is 2.91. The molecule has 0 aromatic carbocycles. The molecule has 1 aromatic rings. The maximum absolute atomic E-state index is 11.3. The minimum atomic E-state index is -0.00935. The molecule has 74 valence electrons. The standard InChI is InChI=1S/C10H12N2OS/c13-10(12-8-6-11-7-8)4-3-9-2-1-5-14-9/h1-5,8,11H,6-7H2,(H,12,13). The smallest absolute Gasteiger partial charge is 0.244 e. The zero-order valence-electron chi connectivity index (χ0n) is 7.69. The molecule has 2 heterocycles. The van der Waals surface area contributed by atoms with Gasteiger partial charge in [0.15, 0.2) is 0 Å². The highest BCUT2D eigenvalue weighted by atomic mass is 32.1. The van der Waals surface area contributed by atoms with Crippen LogP contribution < -0.4 is 10.6 Å². The lowest BCUT2D eigenvalue weighted by Gasteiger charge is -2.27. The van der Waals surface area contributed by atoms with E-state index < -0.39 is 0 Å². The van der Waals surface area contributed by atoms with E-state index in [1.807, 2.05) is 23.6 Å². The zero-order valence-corrected chi connectivity index (χ0v) is 8.51. The van der Waals surface area contributed by atoms with Crippen LogP contribution in [-0.4, -0.2) is 25.0 Å². The van der Waals surface area contributed by atoms with Crippen LogP contribution in [-0.2, 0) is 4.79 Å². The molecule has 2 N–H and O–H groups in total. The summed E-state index contributed by atoms with van der Waals surface area (Å²) in [5, 5.41) is 7.99. The summed E-state index contributed by atoms with van der Waals surface area (Å²) in [7, 11) is 0. The molecule has 4 heteroatoms. The summed E-state index contributed by atoms with van der Waals surface area (Å²) in [6, 6.07) is 4.27. The molecule has 14 heavy (non-hydrogen) atoms. The quantitative estimate of drug-likeness (QED) is 0.723. The third-order valence-electron chi connectivity index (χ3n) is 2.07. The fourth-order valence-corrected chi connectivity index (χ4v) is 1.80. The van der Waals surface area contributed by atoms with Crippen molar-refractivity contribution in [2.24, 2.45) is 0 Å². The van der Waals surface area contributed by atoms with E-state index in [-0.39, 0.29) is 5.91 Å². The Morgan fingerprint density at radius 1 is 1.64 bits per heavy atom. The molecule has 1 amide bonds. The Hall–Kier alpha value is -1.13. The van der Waals surface area contributed by atoms with Crippen molar-refractivity contribution in [3.63, 3.8) is 0 Å². The molecule has 3 nitrogen and oxygen atoms in total. The highest BCUT2D eigenvalue weighted by Gasteiger charge is 2.16. The molecule has 1 aliphatic heterocycles. The van der Waals surface area contributed by atoms with E-state index in [4.69, 9.17) is 0 Å². The predicted molar refractivity (Wildman–Crippen MR) is 58.2 cm³/mol. The van der Waals surface area contributed by atoms with Crippen molar-refractivity contribution in [2.75, 3.05) is 13.1 Å². The second-order valence-electron chi connectivity index (χ2n) is 3.21. The number of hydrogen-bond acceptors (Lipinski definition) is 3. The van der Waals surface area contributed by atoms with Crippen LogP contribution in [0.3, 0.4) is 0 Å². The van der Waals surface area contributed by atoms with E-state index in [1.165, 1.54) is 0 Å². The fraction of sp³-hybridized carbons (Fsp3) is 0.300. The largest absolute Gasteiger partial charge is 0.347 e. The number of carbonyl (C=O) groups excluding carboxylic acids is 1. The number of hydrogen-bond donors (Lipinski definition) is 2. The monoisotopic (exact) mass is 208 g/mol. The van der Waals surface area contributed by atoms with E-state index in [1.54, 1.807) is 17.4 Å². The van der Waals surface area contributed by atoms with Gasteiger partial charge in [-0.2, -0.15) is 0 Å². The number of thiophene rings is 1. The second kappa shape index (κ2) is 4.39. The Bertz CT molecular complexity index is 328. The average molecular weight is 208 g/mol. The first-order chi connectivity index (χ1) is 6.84. The van der Waals surface area contributed by atoms with Crippen LogP contribution in [0.25, 0.3) is 6.08 Å². The summed E-state index contributed by atoms with van der Waals surface area (Å²) < 4.78 is 0. The van der Waals surface area contributed by atoms with Crippen LogP contribution in [0.2, 0.25) is 0 Å². The van der Waals surface area contributed by atoms with Gasteiger partial charge in [0.2, 0.25) is 5.91 Å². The summed E-state index contributed by atoms with van der Waals surface area (Å²) >= 11 is 1.62. The highest BCUT2D eigenvalue weighted by Crippen LogP contribution is 2.09. The van der Waals surface area contributed by atoms with Crippen LogP contribution in [0.4, 0.5) is 0 Å². The second-order valence-corrected chi connectivity index (χ2v) is 4.19. The lowest BCUT2D eigenvalue weighted by molar-refractivity contribution is -0.117. The van der Waals surface area contributed by atoms with Crippen molar-refractivity contribution in [2.45, 2.75) is 6.04 Å². The van der Waals surface area contributed by atoms with Crippen molar-refractivity contribution in [3.8, 4) is 0 Å². The molecule has 2 rings (SSSR count). The molecule has 1 aromatic heterocycles. The number of amides is 1. The van der Waals surface area contributed by atoms with Crippen LogP contribution in [0.5, 0.6) is 0 Å². The lowest BCUT2D eigenvalue weighted by Crippen LogP contribution is -2.56. The summed E-state index contributed by atoms with van der Waals surface area (Å²) in [4.78, 5) is 12.4. The molecule has 0 saturated carbocycles. The Kier molecular flexibility index (Phi) is 2.96. The van der Waals surface area contributed by atoms with E-state index in [0.717, 1.165) is 18.0 Å². The Balaban J connectivity index is 1.81. The van der Waals surface area contributed by atoms with Crippen LogP contribution in [0.1, 0.15) is 4.88 Å². The fourth-order valence-electron chi connectivity index (χ4n) is 1.18. The normalized spacial score (nSPS) is 16.9. The van der Waals surface area contributed by atoms with Gasteiger partial charge in [-0.3, -0.25) is 4.79 Å². The molecule has 0 radical (unpaired) electrons. The van der Waals surface area contributed by atoms with E-state index in [9.17, 15) is 4.79 Å². The predicted octanol–water partition coefficient (Wildman–Crippen LogP) is 0.849. The third kappa shape index (κ3) is 2.43. The van der Waals surface area contributed by atoms with Crippen LogP contribution >= 0.6 is 11.3 Å². The molecule has 0 unspecified atom stereocenters. The highest BCUT2D eigenvalue weighted by molar-refractivity contribution is 7.10. The molecule has 1 saturated heterocycles. The zero-order chi connectivity index (χ0) is 9.80. The molecule has 0 aliphatic carbocycles. The van der Waals surface area contributed by atoms with Gasteiger partial charge >= 0.3 is 0 Å². The van der Waals surface area contributed by atoms with Gasteiger partial charge in [-0.1, -0.05) is 6.07 Å². The molecule has 0 bridgehead atoms. The van der Waals surface area contributed by atoms with Crippen molar-refractivity contribution in [1.29, 1.82) is 0 Å². The molecular weight excluding hydrogens is 196 g/mol. The first-order valence-electron chi connectivity index (χ1n) is 4.57. The van der Waals surface area contributed by atoms with Gasteiger partial charge in [0.25, 0.3) is 0 Å². The van der Waals surface area contributed by atoms with Gasteiger partial charge < -0.3 is 10.6 Å². The lowest BCUT2D eigenvalue weighted by atomic mass is 10.2. The van der Waals surface area contributed by atoms with Crippen molar-refractivity contribution < 1.29 is 4.79 Å². The number of rotatable bonds is 3. The van der Waals surface area contributed by atoms with Gasteiger partial charge in [0.1, 0.15) is 0 Å². The molecule has 0 spiro atoms. The molecule has 1 aliphatic rings. The maximum atomic E-state index is 11.3. The summed E-state index contributed by atoms with van der Waals surface area (Å²) in [5.41, 5.74) is 0. The van der Waals surface area contributed by atoms with Crippen molar-refractivity contribution in [1.82, 2.24) is 10.6 Å². The summed E-state index contributed by atoms with van der Waals surface area (Å²) in [5.74, 6) is -0.00935.